The van der Waals surface area contributed by atoms with E-state index in [4.69, 9.17) is 9.72 Å². The summed E-state index contributed by atoms with van der Waals surface area (Å²) < 4.78 is 32.6. The molecule has 1 saturated heterocycles. The molecule has 2 heterocycles. The molecule has 3 aromatic rings. The number of methoxy groups -OCH3 is 1. The van der Waals surface area contributed by atoms with Gasteiger partial charge in [0, 0.05) is 24.2 Å². The van der Waals surface area contributed by atoms with Crippen LogP contribution in [0.1, 0.15) is 31.7 Å². The van der Waals surface area contributed by atoms with Crippen molar-refractivity contribution in [3.05, 3.63) is 54.1 Å². The van der Waals surface area contributed by atoms with E-state index in [1.807, 2.05) is 19.9 Å². The monoisotopic (exact) mass is 499 g/mol. The van der Waals surface area contributed by atoms with Crippen LogP contribution in [0.3, 0.4) is 0 Å². The molecule has 180 valence electrons. The third-order valence-corrected chi connectivity index (χ3v) is 9.13. The summed E-state index contributed by atoms with van der Waals surface area (Å²) in [7, 11) is -1.89. The van der Waals surface area contributed by atoms with Gasteiger partial charge < -0.3 is 10.1 Å². The molecule has 1 atom stereocenters. The molecule has 1 aliphatic heterocycles. The molecule has 4 rings (SSSR count). The van der Waals surface area contributed by atoms with E-state index in [1.54, 1.807) is 53.9 Å². The molecule has 2 aromatic carbocycles. The highest BCUT2D eigenvalue weighted by atomic mass is 32.2. The number of fused-ring (bicyclic) bond motifs is 1. The number of amides is 1. The first-order valence-corrected chi connectivity index (χ1v) is 13.7. The van der Waals surface area contributed by atoms with Crippen LogP contribution in [0.4, 0.5) is 5.69 Å². The summed E-state index contributed by atoms with van der Waals surface area (Å²) in [5.41, 5.74) is 2.35. The van der Waals surface area contributed by atoms with Gasteiger partial charge in [0.15, 0.2) is 0 Å². The van der Waals surface area contributed by atoms with Crippen LogP contribution in [0.25, 0.3) is 10.9 Å². The van der Waals surface area contributed by atoms with Crippen LogP contribution in [-0.2, 0) is 14.8 Å². The van der Waals surface area contributed by atoms with Crippen LogP contribution in [0, 0.1) is 6.92 Å². The maximum absolute atomic E-state index is 13.0. The van der Waals surface area contributed by atoms with Crippen LogP contribution < -0.4 is 10.1 Å². The Morgan fingerprint density at radius 3 is 2.50 bits per heavy atom. The van der Waals surface area contributed by atoms with E-state index in [9.17, 15) is 13.2 Å². The minimum absolute atomic E-state index is 0.0933. The number of carbonyl (C=O) groups excluding carboxylic acids is 1. The largest absolute Gasteiger partial charge is 0.497 e. The Morgan fingerprint density at radius 2 is 1.85 bits per heavy atom. The maximum Gasteiger partial charge on any atom is 0.243 e. The Balaban J connectivity index is 1.53. The van der Waals surface area contributed by atoms with Gasteiger partial charge in [-0.25, -0.2) is 13.4 Å². The van der Waals surface area contributed by atoms with Crippen molar-refractivity contribution in [2.45, 2.75) is 48.3 Å². The fraction of sp³-hybridized carbons (Fsp3) is 0.360. The van der Waals surface area contributed by atoms with Crippen molar-refractivity contribution < 1.29 is 17.9 Å². The van der Waals surface area contributed by atoms with Gasteiger partial charge in [0.1, 0.15) is 5.75 Å². The Morgan fingerprint density at radius 1 is 1.15 bits per heavy atom. The number of hydrogen-bond donors (Lipinski definition) is 1. The van der Waals surface area contributed by atoms with Crippen molar-refractivity contribution >= 4 is 44.3 Å². The minimum atomic E-state index is -3.49. The van der Waals surface area contributed by atoms with Gasteiger partial charge in [0.25, 0.3) is 0 Å². The van der Waals surface area contributed by atoms with E-state index < -0.39 is 10.0 Å². The zero-order valence-corrected chi connectivity index (χ0v) is 21.2. The lowest BCUT2D eigenvalue weighted by Crippen LogP contribution is -2.27. The highest BCUT2D eigenvalue weighted by Crippen LogP contribution is 2.31. The molecule has 1 fully saturated rings. The molecule has 1 aliphatic rings. The fourth-order valence-electron chi connectivity index (χ4n) is 4.01. The zero-order chi connectivity index (χ0) is 24.3. The van der Waals surface area contributed by atoms with E-state index >= 15 is 0 Å². The number of nitrogens with one attached hydrogen (secondary N) is 1. The summed E-state index contributed by atoms with van der Waals surface area (Å²) >= 11 is 1.41. The SMILES string of the molecule is CC[C@H](Sc1cc(C)c2cc(S(=O)(=O)N3CCCC3)ccc2n1)C(=O)Nc1ccc(OC)cc1. The van der Waals surface area contributed by atoms with Gasteiger partial charge in [0.05, 0.1) is 27.8 Å². The van der Waals surface area contributed by atoms with Crippen molar-refractivity contribution in [2.75, 3.05) is 25.5 Å². The van der Waals surface area contributed by atoms with Gasteiger partial charge in [-0.2, -0.15) is 4.31 Å². The van der Waals surface area contributed by atoms with Gasteiger partial charge in [-0.05, 0) is 80.3 Å². The number of nitrogens with zero attached hydrogens (tertiary/aromatic N) is 2. The van der Waals surface area contributed by atoms with Crippen molar-refractivity contribution in [2.24, 2.45) is 0 Å². The number of aromatic nitrogens is 1. The molecule has 1 aromatic heterocycles. The number of ether oxygens (including phenoxy) is 1. The van der Waals surface area contributed by atoms with Crippen LogP contribution in [0.2, 0.25) is 0 Å². The number of hydrogen-bond acceptors (Lipinski definition) is 6. The number of rotatable bonds is 8. The standard InChI is InChI=1S/C25H29N3O4S2/c1-4-23(25(29)26-18-7-9-19(32-3)10-8-18)33-24-15-17(2)21-16-20(11-12-22(21)27-24)34(30,31)28-13-5-6-14-28/h7-12,15-16,23H,4-6,13-14H2,1-3H3,(H,26,29)/t23-/m0/s1. The Hall–Kier alpha value is -2.62. The summed E-state index contributed by atoms with van der Waals surface area (Å²) in [6.07, 6.45) is 2.44. The van der Waals surface area contributed by atoms with Gasteiger partial charge in [-0.15, -0.1) is 0 Å². The molecule has 34 heavy (non-hydrogen) atoms. The van der Waals surface area contributed by atoms with Crippen molar-refractivity contribution in [3.63, 3.8) is 0 Å². The van der Waals surface area contributed by atoms with E-state index in [0.717, 1.165) is 34.6 Å². The Bertz CT molecular complexity index is 1290. The van der Waals surface area contributed by atoms with Crippen LogP contribution in [-0.4, -0.2) is 49.1 Å². The summed E-state index contributed by atoms with van der Waals surface area (Å²) in [6, 6.07) is 14.2. The predicted molar refractivity (Wildman–Crippen MR) is 136 cm³/mol. The quantitative estimate of drug-likeness (QED) is 0.446. The second-order valence-electron chi connectivity index (χ2n) is 8.30. The molecule has 0 spiro atoms. The van der Waals surface area contributed by atoms with E-state index in [2.05, 4.69) is 5.32 Å². The molecule has 7 nitrogen and oxygen atoms in total. The Kier molecular flexibility index (Phi) is 7.45. The lowest BCUT2D eigenvalue weighted by atomic mass is 10.1. The van der Waals surface area contributed by atoms with E-state index in [-0.39, 0.29) is 11.2 Å². The Labute approximate surface area is 205 Å². The zero-order valence-electron chi connectivity index (χ0n) is 19.6. The summed E-state index contributed by atoms with van der Waals surface area (Å²) in [4.78, 5) is 17.9. The molecule has 0 unspecified atom stereocenters. The molecular weight excluding hydrogens is 470 g/mol. The summed E-state index contributed by atoms with van der Waals surface area (Å²) in [5.74, 6) is 0.635. The third kappa shape index (κ3) is 5.21. The van der Waals surface area contributed by atoms with Gasteiger partial charge >= 0.3 is 0 Å². The lowest BCUT2D eigenvalue weighted by Gasteiger charge is -2.17. The second-order valence-corrected chi connectivity index (χ2v) is 11.5. The van der Waals surface area contributed by atoms with Crippen LogP contribution >= 0.6 is 11.8 Å². The van der Waals surface area contributed by atoms with E-state index in [1.165, 1.54) is 11.8 Å². The number of pyridine rings is 1. The molecule has 0 aliphatic carbocycles. The fourth-order valence-corrected chi connectivity index (χ4v) is 6.57. The van der Waals surface area contributed by atoms with Crippen molar-refractivity contribution in [1.29, 1.82) is 0 Å². The number of thioether (sulfide) groups is 1. The van der Waals surface area contributed by atoms with Crippen LogP contribution in [0.5, 0.6) is 5.75 Å². The first-order chi connectivity index (χ1) is 16.3. The average molecular weight is 500 g/mol. The molecule has 1 amide bonds. The van der Waals surface area contributed by atoms with E-state index in [0.29, 0.717) is 35.6 Å². The maximum atomic E-state index is 13.0. The number of carbonyl (C=O) groups is 1. The molecule has 0 radical (unpaired) electrons. The number of aryl methyl sites for hydroxylation is 1. The summed E-state index contributed by atoms with van der Waals surface area (Å²) in [6.45, 7) is 5.06. The molecule has 0 bridgehead atoms. The van der Waals surface area contributed by atoms with Gasteiger partial charge in [-0.1, -0.05) is 18.7 Å². The number of benzene rings is 2. The second kappa shape index (κ2) is 10.3. The summed E-state index contributed by atoms with van der Waals surface area (Å²) in [5, 5.41) is 4.17. The topological polar surface area (TPSA) is 88.6 Å². The average Bonchev–Trinajstić information content (AvgIpc) is 3.39. The first-order valence-electron chi connectivity index (χ1n) is 11.3. The van der Waals surface area contributed by atoms with Gasteiger partial charge in [-0.3, -0.25) is 4.79 Å². The molecule has 1 N–H and O–H groups in total. The number of sulfonamides is 1. The minimum Gasteiger partial charge on any atom is -0.497 e. The van der Waals surface area contributed by atoms with Crippen molar-refractivity contribution in [1.82, 2.24) is 9.29 Å². The normalized spacial score (nSPS) is 15.4. The third-order valence-electron chi connectivity index (χ3n) is 5.95. The molecular formula is C25H29N3O4S2. The molecule has 9 heteroatoms. The van der Waals surface area contributed by atoms with Crippen molar-refractivity contribution in [3.8, 4) is 5.75 Å². The smallest absolute Gasteiger partial charge is 0.243 e. The molecule has 0 saturated carbocycles. The highest BCUT2D eigenvalue weighted by molar-refractivity contribution is 8.00. The van der Waals surface area contributed by atoms with Gasteiger partial charge in [0.2, 0.25) is 15.9 Å². The predicted octanol–water partition coefficient (Wildman–Crippen LogP) is 4.85. The first kappa shape index (κ1) is 24.5. The van der Waals surface area contributed by atoms with Crippen LogP contribution in [0.15, 0.2) is 58.5 Å². The number of anilines is 1. The lowest BCUT2D eigenvalue weighted by molar-refractivity contribution is -0.115. The highest BCUT2D eigenvalue weighted by Gasteiger charge is 2.27.